The molecule has 1 aliphatic heterocycles. The Morgan fingerprint density at radius 3 is 2.92 bits per heavy atom. The monoisotopic (exact) mass is 356 g/mol. The number of hydrogen-bond acceptors (Lipinski definition) is 5. The molecule has 140 valence electrons. The fraction of sp³-hybridized carbons (Fsp3) is 0.600. The first-order valence-electron chi connectivity index (χ1n) is 9.67. The van der Waals surface area contributed by atoms with Crippen LogP contribution in [-0.4, -0.2) is 34.3 Å². The van der Waals surface area contributed by atoms with Gasteiger partial charge in [-0.25, -0.2) is 9.97 Å². The maximum atomic E-state index is 6.03. The lowest BCUT2D eigenvalue weighted by Crippen LogP contribution is -2.33. The molecule has 26 heavy (non-hydrogen) atoms. The van der Waals surface area contributed by atoms with Crippen molar-refractivity contribution in [2.24, 2.45) is 18.9 Å². The largest absolute Gasteiger partial charge is 0.477 e. The summed E-state index contributed by atoms with van der Waals surface area (Å²) in [7, 11) is 2.03. The van der Waals surface area contributed by atoms with Crippen molar-refractivity contribution in [3.05, 3.63) is 42.1 Å². The van der Waals surface area contributed by atoms with Gasteiger partial charge in [0.25, 0.3) is 0 Å². The number of pyridine rings is 1. The number of aromatic nitrogens is 3. The summed E-state index contributed by atoms with van der Waals surface area (Å²) in [6, 6.07) is 4.07. The molecule has 0 amide bonds. The van der Waals surface area contributed by atoms with E-state index < -0.39 is 0 Å². The standard InChI is InChI=1S/C20H28N4O2/c1-24-9-8-22-20(24)19-17(3-2-10-25-19)13-21-11-16-6-7-18(23-12-16)26-14-15-4-5-15/h6-9,12,15,17,19,21H,2-5,10-11,13-14H2,1H3/t17-,19+/m0/s1. The van der Waals surface area contributed by atoms with Crippen molar-refractivity contribution >= 4 is 0 Å². The summed E-state index contributed by atoms with van der Waals surface area (Å²) in [6.45, 7) is 3.35. The van der Waals surface area contributed by atoms with Crippen LogP contribution in [-0.2, 0) is 18.3 Å². The van der Waals surface area contributed by atoms with Gasteiger partial charge < -0.3 is 19.4 Å². The van der Waals surface area contributed by atoms with Crippen molar-refractivity contribution in [2.45, 2.75) is 38.3 Å². The van der Waals surface area contributed by atoms with Crippen molar-refractivity contribution in [1.29, 1.82) is 0 Å². The number of imidazole rings is 1. The normalized spacial score (nSPS) is 23.1. The average Bonchev–Trinajstić information content (AvgIpc) is 3.41. The number of ether oxygens (including phenoxy) is 2. The quantitative estimate of drug-likeness (QED) is 0.788. The zero-order valence-electron chi connectivity index (χ0n) is 15.4. The van der Waals surface area contributed by atoms with Crippen molar-refractivity contribution in [3.63, 3.8) is 0 Å². The Balaban J connectivity index is 1.26. The Morgan fingerprint density at radius 1 is 1.27 bits per heavy atom. The summed E-state index contributed by atoms with van der Waals surface area (Å²) in [5.74, 6) is 2.95. The molecule has 0 bridgehead atoms. The van der Waals surface area contributed by atoms with Crippen LogP contribution in [0.2, 0.25) is 0 Å². The van der Waals surface area contributed by atoms with E-state index in [1.807, 2.05) is 31.7 Å². The third kappa shape index (κ3) is 4.43. The topological polar surface area (TPSA) is 61.2 Å². The summed E-state index contributed by atoms with van der Waals surface area (Å²) < 4.78 is 13.8. The van der Waals surface area contributed by atoms with Gasteiger partial charge in [0.05, 0.1) is 6.61 Å². The van der Waals surface area contributed by atoms with Gasteiger partial charge in [-0.15, -0.1) is 0 Å². The second-order valence-corrected chi connectivity index (χ2v) is 7.48. The van der Waals surface area contributed by atoms with Crippen LogP contribution < -0.4 is 10.1 Å². The molecular weight excluding hydrogens is 328 g/mol. The maximum Gasteiger partial charge on any atom is 0.213 e. The molecule has 2 aliphatic rings. The molecule has 6 heteroatoms. The van der Waals surface area contributed by atoms with Crippen LogP contribution in [0.15, 0.2) is 30.7 Å². The van der Waals surface area contributed by atoms with E-state index in [4.69, 9.17) is 9.47 Å². The Bertz CT molecular complexity index is 696. The number of hydrogen-bond donors (Lipinski definition) is 1. The highest BCUT2D eigenvalue weighted by atomic mass is 16.5. The number of aryl methyl sites for hydroxylation is 1. The second-order valence-electron chi connectivity index (χ2n) is 7.48. The minimum absolute atomic E-state index is 0.0765. The molecular formula is C20H28N4O2. The summed E-state index contributed by atoms with van der Waals surface area (Å²) >= 11 is 0. The van der Waals surface area contributed by atoms with E-state index in [1.165, 1.54) is 18.4 Å². The van der Waals surface area contributed by atoms with Gasteiger partial charge >= 0.3 is 0 Å². The van der Waals surface area contributed by atoms with E-state index in [0.29, 0.717) is 5.92 Å². The number of rotatable bonds is 8. The van der Waals surface area contributed by atoms with Gasteiger partial charge in [0.15, 0.2) is 0 Å². The van der Waals surface area contributed by atoms with Gasteiger partial charge in [0, 0.05) is 57.3 Å². The predicted octanol–water partition coefficient (Wildman–Crippen LogP) is 2.86. The number of nitrogens with zero attached hydrogens (tertiary/aromatic N) is 3. The predicted molar refractivity (Wildman–Crippen MR) is 98.8 cm³/mol. The van der Waals surface area contributed by atoms with Crippen LogP contribution in [0.1, 0.15) is 43.2 Å². The van der Waals surface area contributed by atoms with E-state index in [9.17, 15) is 0 Å². The van der Waals surface area contributed by atoms with Crippen LogP contribution in [0.25, 0.3) is 0 Å². The summed E-state index contributed by atoms with van der Waals surface area (Å²) in [5, 5.41) is 3.56. The van der Waals surface area contributed by atoms with Crippen LogP contribution in [0.5, 0.6) is 5.88 Å². The summed E-state index contributed by atoms with van der Waals surface area (Å²) in [6.07, 6.45) is 10.7. The van der Waals surface area contributed by atoms with Gasteiger partial charge in [-0.1, -0.05) is 6.07 Å². The van der Waals surface area contributed by atoms with Crippen molar-refractivity contribution in [2.75, 3.05) is 19.8 Å². The molecule has 2 fully saturated rings. The molecule has 6 nitrogen and oxygen atoms in total. The van der Waals surface area contributed by atoms with Crippen LogP contribution in [0, 0.1) is 11.8 Å². The Labute approximate surface area is 154 Å². The zero-order valence-corrected chi connectivity index (χ0v) is 15.4. The molecule has 2 aromatic rings. The first-order chi connectivity index (χ1) is 12.8. The van der Waals surface area contributed by atoms with Crippen molar-refractivity contribution in [3.8, 4) is 5.88 Å². The first kappa shape index (κ1) is 17.5. The highest BCUT2D eigenvalue weighted by Crippen LogP contribution is 2.32. The lowest BCUT2D eigenvalue weighted by atomic mass is 9.93. The van der Waals surface area contributed by atoms with Crippen LogP contribution >= 0.6 is 0 Å². The van der Waals surface area contributed by atoms with Crippen molar-refractivity contribution in [1.82, 2.24) is 19.9 Å². The third-order valence-corrected chi connectivity index (χ3v) is 5.25. The highest BCUT2D eigenvalue weighted by Gasteiger charge is 2.29. The lowest BCUT2D eigenvalue weighted by Gasteiger charge is -2.31. The molecule has 0 spiro atoms. The van der Waals surface area contributed by atoms with Gasteiger partial charge in [-0.05, 0) is 37.2 Å². The van der Waals surface area contributed by atoms with E-state index >= 15 is 0 Å². The molecule has 2 atom stereocenters. The molecule has 1 saturated carbocycles. The lowest BCUT2D eigenvalue weighted by molar-refractivity contribution is -0.0344. The second kappa shape index (κ2) is 8.18. The summed E-state index contributed by atoms with van der Waals surface area (Å²) in [5.41, 5.74) is 1.18. The fourth-order valence-corrected chi connectivity index (χ4v) is 3.48. The SMILES string of the molecule is Cn1ccnc1[C@@H]1OCCC[C@H]1CNCc1ccc(OCC2CC2)nc1. The smallest absolute Gasteiger partial charge is 0.213 e. The van der Waals surface area contributed by atoms with Gasteiger partial charge in [-0.2, -0.15) is 0 Å². The zero-order chi connectivity index (χ0) is 17.8. The molecule has 1 aliphatic carbocycles. The Hall–Kier alpha value is -1.92. The van der Waals surface area contributed by atoms with E-state index in [2.05, 4.69) is 25.9 Å². The number of nitrogens with one attached hydrogen (secondary N) is 1. The Kier molecular flexibility index (Phi) is 5.51. The van der Waals surface area contributed by atoms with Crippen LogP contribution in [0.4, 0.5) is 0 Å². The molecule has 0 unspecified atom stereocenters. The molecule has 4 rings (SSSR count). The molecule has 0 radical (unpaired) electrons. The molecule has 1 N–H and O–H groups in total. The van der Waals surface area contributed by atoms with E-state index in [-0.39, 0.29) is 6.10 Å². The van der Waals surface area contributed by atoms with E-state index in [0.717, 1.165) is 56.8 Å². The third-order valence-electron chi connectivity index (χ3n) is 5.25. The van der Waals surface area contributed by atoms with Crippen molar-refractivity contribution < 1.29 is 9.47 Å². The van der Waals surface area contributed by atoms with Gasteiger partial charge in [0.1, 0.15) is 11.9 Å². The maximum absolute atomic E-state index is 6.03. The molecule has 2 aromatic heterocycles. The summed E-state index contributed by atoms with van der Waals surface area (Å²) in [4.78, 5) is 8.90. The van der Waals surface area contributed by atoms with Gasteiger partial charge in [0.2, 0.25) is 5.88 Å². The van der Waals surface area contributed by atoms with E-state index in [1.54, 1.807) is 0 Å². The van der Waals surface area contributed by atoms with Gasteiger partial charge in [-0.3, -0.25) is 0 Å². The molecule has 3 heterocycles. The fourth-order valence-electron chi connectivity index (χ4n) is 3.48. The minimum Gasteiger partial charge on any atom is -0.477 e. The van der Waals surface area contributed by atoms with Crippen LogP contribution in [0.3, 0.4) is 0 Å². The highest BCUT2D eigenvalue weighted by molar-refractivity contribution is 5.17. The average molecular weight is 356 g/mol. The first-order valence-corrected chi connectivity index (χ1v) is 9.67. The Morgan fingerprint density at radius 2 is 2.19 bits per heavy atom. The minimum atomic E-state index is 0.0765. The molecule has 1 saturated heterocycles. The molecule has 0 aromatic carbocycles.